The molecular formula is C11H17N3O2. The van der Waals surface area contributed by atoms with Gasteiger partial charge in [-0.1, -0.05) is 19.3 Å². The maximum atomic E-state index is 11.0. The van der Waals surface area contributed by atoms with Crippen LogP contribution in [0.15, 0.2) is 6.33 Å². The molecule has 1 saturated carbocycles. The molecule has 0 aromatic carbocycles. The molecule has 5 nitrogen and oxygen atoms in total. The molecule has 1 aromatic heterocycles. The smallest absolute Gasteiger partial charge is 0.326 e. The van der Waals surface area contributed by atoms with E-state index in [0.29, 0.717) is 5.92 Å². The zero-order valence-electron chi connectivity index (χ0n) is 9.46. The third-order valence-corrected chi connectivity index (χ3v) is 3.35. The number of nitrogens with zero attached hydrogens (tertiary/aromatic N) is 3. The summed E-state index contributed by atoms with van der Waals surface area (Å²) in [6.07, 6.45) is 7.43. The van der Waals surface area contributed by atoms with Crippen molar-refractivity contribution in [2.45, 2.75) is 51.0 Å². The Morgan fingerprint density at radius 1 is 1.50 bits per heavy atom. The van der Waals surface area contributed by atoms with E-state index < -0.39 is 12.0 Å². The van der Waals surface area contributed by atoms with Gasteiger partial charge in [0.15, 0.2) is 0 Å². The van der Waals surface area contributed by atoms with Gasteiger partial charge in [0.25, 0.3) is 0 Å². The van der Waals surface area contributed by atoms with Gasteiger partial charge in [-0.2, -0.15) is 0 Å². The Hall–Kier alpha value is -1.39. The lowest BCUT2D eigenvalue weighted by Crippen LogP contribution is -2.20. The number of carboxylic acids is 1. The van der Waals surface area contributed by atoms with Crippen LogP contribution < -0.4 is 0 Å². The summed E-state index contributed by atoms with van der Waals surface area (Å²) in [5.41, 5.74) is 0. The maximum absolute atomic E-state index is 11.0. The molecule has 5 heteroatoms. The van der Waals surface area contributed by atoms with Crippen LogP contribution in [-0.2, 0) is 4.79 Å². The first-order valence-corrected chi connectivity index (χ1v) is 5.82. The minimum Gasteiger partial charge on any atom is -0.480 e. The van der Waals surface area contributed by atoms with Crippen LogP contribution in [0.3, 0.4) is 0 Å². The monoisotopic (exact) mass is 223 g/mol. The molecule has 1 aromatic rings. The molecule has 1 heterocycles. The van der Waals surface area contributed by atoms with Gasteiger partial charge in [-0.3, -0.25) is 0 Å². The van der Waals surface area contributed by atoms with E-state index in [1.165, 1.54) is 25.6 Å². The van der Waals surface area contributed by atoms with E-state index in [-0.39, 0.29) is 0 Å². The van der Waals surface area contributed by atoms with Gasteiger partial charge in [0.1, 0.15) is 18.2 Å². The standard InChI is InChI=1S/C11H17N3O2/c1-8(11(15)16)14-7-12-13-10(14)9-5-3-2-4-6-9/h7-9H,2-6H2,1H3,(H,15,16). The first kappa shape index (κ1) is 11.1. The van der Waals surface area contributed by atoms with Gasteiger partial charge < -0.3 is 9.67 Å². The van der Waals surface area contributed by atoms with Crippen LogP contribution in [0, 0.1) is 0 Å². The van der Waals surface area contributed by atoms with Crippen LogP contribution in [0.2, 0.25) is 0 Å². The third-order valence-electron chi connectivity index (χ3n) is 3.35. The van der Waals surface area contributed by atoms with Crippen molar-refractivity contribution in [3.05, 3.63) is 12.2 Å². The van der Waals surface area contributed by atoms with Crippen molar-refractivity contribution in [2.75, 3.05) is 0 Å². The van der Waals surface area contributed by atoms with E-state index in [1.807, 2.05) is 0 Å². The number of aliphatic carboxylic acids is 1. The molecule has 0 saturated heterocycles. The van der Waals surface area contributed by atoms with Crippen molar-refractivity contribution in [3.63, 3.8) is 0 Å². The lowest BCUT2D eigenvalue weighted by Gasteiger charge is -2.22. The van der Waals surface area contributed by atoms with Crippen LogP contribution in [-0.4, -0.2) is 25.8 Å². The van der Waals surface area contributed by atoms with Gasteiger partial charge in [0.2, 0.25) is 0 Å². The Kier molecular flexibility index (Phi) is 3.22. The fourth-order valence-corrected chi connectivity index (χ4v) is 2.32. The summed E-state index contributed by atoms with van der Waals surface area (Å²) < 4.78 is 1.69. The molecule has 0 radical (unpaired) electrons. The molecule has 88 valence electrons. The summed E-state index contributed by atoms with van der Waals surface area (Å²) in [4.78, 5) is 11.0. The number of rotatable bonds is 3. The molecule has 0 aliphatic heterocycles. The highest BCUT2D eigenvalue weighted by atomic mass is 16.4. The number of hydrogen-bond donors (Lipinski definition) is 1. The normalized spacial score (nSPS) is 19.6. The van der Waals surface area contributed by atoms with E-state index in [4.69, 9.17) is 5.11 Å². The van der Waals surface area contributed by atoms with Gasteiger partial charge >= 0.3 is 5.97 Å². The van der Waals surface area contributed by atoms with Gasteiger partial charge in [-0.15, -0.1) is 10.2 Å². The molecule has 1 fully saturated rings. The highest BCUT2D eigenvalue weighted by Crippen LogP contribution is 2.32. The Bertz CT molecular complexity index is 369. The summed E-state index contributed by atoms with van der Waals surface area (Å²) in [5, 5.41) is 16.9. The average molecular weight is 223 g/mol. The zero-order chi connectivity index (χ0) is 11.5. The lowest BCUT2D eigenvalue weighted by molar-refractivity contribution is -0.140. The fourth-order valence-electron chi connectivity index (χ4n) is 2.32. The van der Waals surface area contributed by atoms with Crippen molar-refractivity contribution < 1.29 is 9.90 Å². The molecule has 0 amide bonds. The minimum atomic E-state index is -0.836. The van der Waals surface area contributed by atoms with E-state index in [9.17, 15) is 4.79 Å². The molecule has 1 aliphatic carbocycles. The van der Waals surface area contributed by atoms with Gasteiger partial charge in [-0.05, 0) is 19.8 Å². The molecular weight excluding hydrogens is 206 g/mol. The van der Waals surface area contributed by atoms with Crippen molar-refractivity contribution >= 4 is 5.97 Å². The highest BCUT2D eigenvalue weighted by Gasteiger charge is 2.24. The molecule has 1 N–H and O–H groups in total. The van der Waals surface area contributed by atoms with Crippen LogP contribution in [0.4, 0.5) is 0 Å². The summed E-state index contributed by atoms with van der Waals surface area (Å²) in [5.74, 6) is 0.393. The van der Waals surface area contributed by atoms with E-state index in [2.05, 4.69) is 10.2 Å². The summed E-state index contributed by atoms with van der Waals surface area (Å²) in [6.45, 7) is 1.66. The third kappa shape index (κ3) is 2.08. The Morgan fingerprint density at radius 2 is 2.19 bits per heavy atom. The number of hydrogen-bond acceptors (Lipinski definition) is 3. The fraction of sp³-hybridized carbons (Fsp3) is 0.727. The Balaban J connectivity index is 2.20. The molecule has 0 spiro atoms. The number of carbonyl (C=O) groups is 1. The van der Waals surface area contributed by atoms with E-state index >= 15 is 0 Å². The SMILES string of the molecule is CC(C(=O)O)n1cnnc1C1CCCCC1. The second-order valence-corrected chi connectivity index (χ2v) is 4.45. The average Bonchev–Trinajstić information content (AvgIpc) is 2.77. The maximum Gasteiger partial charge on any atom is 0.326 e. The zero-order valence-corrected chi connectivity index (χ0v) is 9.46. The van der Waals surface area contributed by atoms with Crippen LogP contribution >= 0.6 is 0 Å². The molecule has 1 atom stereocenters. The second kappa shape index (κ2) is 4.63. The first-order chi connectivity index (χ1) is 7.70. The van der Waals surface area contributed by atoms with Gasteiger partial charge in [-0.25, -0.2) is 4.79 Å². The van der Waals surface area contributed by atoms with E-state index in [1.54, 1.807) is 11.5 Å². The van der Waals surface area contributed by atoms with Crippen molar-refractivity contribution in [2.24, 2.45) is 0 Å². The number of aromatic nitrogens is 3. The van der Waals surface area contributed by atoms with Crippen molar-refractivity contribution in [1.29, 1.82) is 0 Å². The second-order valence-electron chi connectivity index (χ2n) is 4.45. The number of carboxylic acid groups (broad SMARTS) is 1. The molecule has 0 bridgehead atoms. The largest absolute Gasteiger partial charge is 0.480 e. The highest BCUT2D eigenvalue weighted by molar-refractivity contribution is 5.71. The summed E-state index contributed by atoms with van der Waals surface area (Å²) in [7, 11) is 0. The topological polar surface area (TPSA) is 68.0 Å². The molecule has 1 unspecified atom stereocenters. The van der Waals surface area contributed by atoms with Crippen LogP contribution in [0.1, 0.15) is 56.8 Å². The minimum absolute atomic E-state index is 0.387. The Morgan fingerprint density at radius 3 is 2.81 bits per heavy atom. The van der Waals surface area contributed by atoms with Gasteiger partial charge in [0.05, 0.1) is 0 Å². The van der Waals surface area contributed by atoms with Crippen molar-refractivity contribution in [1.82, 2.24) is 14.8 Å². The quantitative estimate of drug-likeness (QED) is 0.850. The molecule has 2 rings (SSSR count). The molecule has 1 aliphatic rings. The van der Waals surface area contributed by atoms with Gasteiger partial charge in [0, 0.05) is 5.92 Å². The summed E-state index contributed by atoms with van der Waals surface area (Å²) >= 11 is 0. The van der Waals surface area contributed by atoms with Crippen LogP contribution in [0.25, 0.3) is 0 Å². The predicted molar refractivity (Wildman–Crippen MR) is 58.2 cm³/mol. The first-order valence-electron chi connectivity index (χ1n) is 5.82. The Labute approximate surface area is 94.5 Å². The summed E-state index contributed by atoms with van der Waals surface area (Å²) in [6, 6.07) is -0.577. The van der Waals surface area contributed by atoms with Crippen molar-refractivity contribution in [3.8, 4) is 0 Å². The lowest BCUT2D eigenvalue weighted by atomic mass is 9.88. The predicted octanol–water partition coefficient (Wildman–Crippen LogP) is 1.97. The van der Waals surface area contributed by atoms with Crippen LogP contribution in [0.5, 0.6) is 0 Å². The molecule has 16 heavy (non-hydrogen) atoms. The van der Waals surface area contributed by atoms with E-state index in [0.717, 1.165) is 18.7 Å².